The number of hydrogen-bond acceptors (Lipinski definition) is 3. The summed E-state index contributed by atoms with van der Waals surface area (Å²) in [6, 6.07) is 7.06. The van der Waals surface area contributed by atoms with E-state index in [9.17, 15) is 4.39 Å². The van der Waals surface area contributed by atoms with Crippen molar-refractivity contribution in [2.24, 2.45) is 0 Å². The third kappa shape index (κ3) is 3.24. The van der Waals surface area contributed by atoms with Crippen LogP contribution in [0.1, 0.15) is 44.2 Å². The van der Waals surface area contributed by atoms with Crippen LogP contribution in [-0.4, -0.2) is 55.1 Å². The van der Waals surface area contributed by atoms with Gasteiger partial charge in [-0.05, 0) is 63.4 Å². The van der Waals surface area contributed by atoms with E-state index in [1.807, 2.05) is 6.07 Å². The summed E-state index contributed by atoms with van der Waals surface area (Å²) >= 11 is 0. The number of halogens is 1. The molecule has 1 aliphatic carbocycles. The van der Waals surface area contributed by atoms with Gasteiger partial charge in [-0.2, -0.15) is 0 Å². The second-order valence-corrected chi connectivity index (χ2v) is 7.38. The Morgan fingerprint density at radius 3 is 2.30 bits per heavy atom. The first kappa shape index (κ1) is 15.4. The van der Waals surface area contributed by atoms with Crippen LogP contribution in [0.3, 0.4) is 0 Å². The lowest BCUT2D eigenvalue weighted by atomic mass is 10.1. The fourth-order valence-corrected chi connectivity index (χ4v) is 4.15. The van der Waals surface area contributed by atoms with Crippen LogP contribution in [0.2, 0.25) is 0 Å². The van der Waals surface area contributed by atoms with E-state index in [4.69, 9.17) is 0 Å². The number of benzene rings is 1. The summed E-state index contributed by atoms with van der Waals surface area (Å²) < 4.78 is 14.7. The van der Waals surface area contributed by atoms with Crippen molar-refractivity contribution < 1.29 is 4.39 Å². The molecule has 1 saturated carbocycles. The van der Waals surface area contributed by atoms with Gasteiger partial charge in [0.15, 0.2) is 0 Å². The predicted octanol–water partition coefficient (Wildman–Crippen LogP) is 3.27. The average molecular weight is 317 g/mol. The molecule has 4 rings (SSSR count). The maximum atomic E-state index is 14.7. The maximum absolute atomic E-state index is 14.7. The average Bonchev–Trinajstić information content (AvgIpc) is 3.28. The summed E-state index contributed by atoms with van der Waals surface area (Å²) in [5.41, 5.74) is 1.91. The first-order valence-corrected chi connectivity index (χ1v) is 9.25. The summed E-state index contributed by atoms with van der Waals surface area (Å²) in [7, 11) is 0. The van der Waals surface area contributed by atoms with Gasteiger partial charge in [0.05, 0.1) is 5.69 Å². The molecule has 1 unspecified atom stereocenters. The molecule has 2 heterocycles. The number of rotatable bonds is 4. The van der Waals surface area contributed by atoms with Crippen molar-refractivity contribution in [2.45, 2.75) is 44.7 Å². The Kier molecular flexibility index (Phi) is 4.29. The van der Waals surface area contributed by atoms with Crippen molar-refractivity contribution in [3.63, 3.8) is 0 Å². The van der Waals surface area contributed by atoms with Crippen molar-refractivity contribution in [3.05, 3.63) is 29.6 Å². The topological polar surface area (TPSA) is 9.72 Å². The lowest BCUT2D eigenvalue weighted by Crippen LogP contribution is -2.47. The zero-order valence-electron chi connectivity index (χ0n) is 14.2. The van der Waals surface area contributed by atoms with E-state index in [2.05, 4.69) is 27.7 Å². The van der Waals surface area contributed by atoms with Crippen LogP contribution in [0.15, 0.2) is 18.2 Å². The Labute approximate surface area is 139 Å². The minimum Gasteiger partial charge on any atom is -0.367 e. The van der Waals surface area contributed by atoms with Crippen LogP contribution in [0.4, 0.5) is 10.1 Å². The van der Waals surface area contributed by atoms with Crippen molar-refractivity contribution in [1.29, 1.82) is 0 Å². The molecule has 0 aromatic heterocycles. The molecule has 3 nitrogen and oxygen atoms in total. The Bertz CT molecular complexity index is 544. The highest BCUT2D eigenvalue weighted by Crippen LogP contribution is 2.31. The largest absolute Gasteiger partial charge is 0.367 e. The third-order valence-corrected chi connectivity index (χ3v) is 5.86. The lowest BCUT2D eigenvalue weighted by molar-refractivity contribution is 0.247. The smallest absolute Gasteiger partial charge is 0.146 e. The molecule has 2 saturated heterocycles. The monoisotopic (exact) mass is 317 g/mol. The van der Waals surface area contributed by atoms with E-state index >= 15 is 0 Å². The third-order valence-electron chi connectivity index (χ3n) is 5.86. The van der Waals surface area contributed by atoms with Crippen molar-refractivity contribution in [3.8, 4) is 0 Å². The molecule has 1 atom stereocenters. The first-order chi connectivity index (χ1) is 11.2. The summed E-state index contributed by atoms with van der Waals surface area (Å²) in [5, 5.41) is 0. The lowest BCUT2D eigenvalue weighted by Gasteiger charge is -2.36. The van der Waals surface area contributed by atoms with Crippen LogP contribution in [0.5, 0.6) is 0 Å². The molecule has 23 heavy (non-hydrogen) atoms. The second kappa shape index (κ2) is 6.40. The van der Waals surface area contributed by atoms with E-state index in [0.29, 0.717) is 6.04 Å². The minimum absolute atomic E-state index is 0.0478. The highest BCUT2D eigenvalue weighted by molar-refractivity contribution is 5.50. The van der Waals surface area contributed by atoms with Crippen LogP contribution < -0.4 is 4.90 Å². The van der Waals surface area contributed by atoms with E-state index in [1.54, 1.807) is 6.07 Å². The standard InChI is InChI=1S/C19H28FN3/c1-15(21-8-2-3-9-21)16-4-7-19(18(20)14-16)23-12-10-22(11-13-23)17-5-6-17/h4,7,14-15,17H,2-3,5-6,8-13H2,1H3. The molecule has 0 spiro atoms. The van der Waals surface area contributed by atoms with E-state index < -0.39 is 0 Å². The summed E-state index contributed by atoms with van der Waals surface area (Å²) in [4.78, 5) is 7.25. The van der Waals surface area contributed by atoms with E-state index in [1.165, 1.54) is 25.7 Å². The number of hydrogen-bond donors (Lipinski definition) is 0. The molecule has 3 aliphatic rings. The van der Waals surface area contributed by atoms with Gasteiger partial charge in [0.2, 0.25) is 0 Å². The van der Waals surface area contributed by atoms with Crippen molar-refractivity contribution >= 4 is 5.69 Å². The van der Waals surface area contributed by atoms with Crippen molar-refractivity contribution in [2.75, 3.05) is 44.2 Å². The van der Waals surface area contributed by atoms with Crippen molar-refractivity contribution in [1.82, 2.24) is 9.80 Å². The number of anilines is 1. The quantitative estimate of drug-likeness (QED) is 0.844. The molecule has 0 N–H and O–H groups in total. The summed E-state index contributed by atoms with van der Waals surface area (Å²) in [5.74, 6) is -0.0478. The Balaban J connectivity index is 1.43. The Morgan fingerprint density at radius 2 is 1.70 bits per heavy atom. The minimum atomic E-state index is -0.0478. The molecule has 3 fully saturated rings. The molecule has 1 aromatic carbocycles. The fourth-order valence-electron chi connectivity index (χ4n) is 4.15. The molecular formula is C19H28FN3. The first-order valence-electron chi connectivity index (χ1n) is 9.25. The molecule has 0 bridgehead atoms. The zero-order valence-corrected chi connectivity index (χ0v) is 14.2. The fraction of sp³-hybridized carbons (Fsp3) is 0.684. The predicted molar refractivity (Wildman–Crippen MR) is 92.4 cm³/mol. The highest BCUT2D eigenvalue weighted by Gasteiger charge is 2.31. The van der Waals surface area contributed by atoms with Crippen LogP contribution in [0.25, 0.3) is 0 Å². The van der Waals surface area contributed by atoms with Crippen LogP contribution in [-0.2, 0) is 0 Å². The number of nitrogens with zero attached hydrogens (tertiary/aromatic N) is 3. The molecule has 0 amide bonds. The van der Waals surface area contributed by atoms with Gasteiger partial charge in [0.1, 0.15) is 5.82 Å². The van der Waals surface area contributed by atoms with Gasteiger partial charge in [-0.15, -0.1) is 0 Å². The summed E-state index contributed by atoms with van der Waals surface area (Å²) in [6.45, 7) is 8.56. The number of likely N-dealkylation sites (tertiary alicyclic amines) is 1. The highest BCUT2D eigenvalue weighted by atomic mass is 19.1. The van der Waals surface area contributed by atoms with Gasteiger partial charge in [0.25, 0.3) is 0 Å². The molecular weight excluding hydrogens is 289 g/mol. The van der Waals surface area contributed by atoms with Gasteiger partial charge in [-0.1, -0.05) is 6.07 Å². The van der Waals surface area contributed by atoms with Gasteiger partial charge >= 0.3 is 0 Å². The zero-order chi connectivity index (χ0) is 15.8. The maximum Gasteiger partial charge on any atom is 0.146 e. The Hall–Kier alpha value is -1.13. The molecule has 1 aromatic rings. The molecule has 2 aliphatic heterocycles. The van der Waals surface area contributed by atoms with Crippen LogP contribution in [0, 0.1) is 5.82 Å². The SMILES string of the molecule is CC(c1ccc(N2CCN(C3CC3)CC2)c(F)c1)N1CCCC1. The molecule has 126 valence electrons. The van der Waals surface area contributed by atoms with Gasteiger partial charge in [0, 0.05) is 38.3 Å². The van der Waals surface area contributed by atoms with E-state index in [0.717, 1.165) is 56.6 Å². The van der Waals surface area contributed by atoms with Gasteiger partial charge in [-0.25, -0.2) is 4.39 Å². The second-order valence-electron chi connectivity index (χ2n) is 7.38. The molecule has 4 heteroatoms. The van der Waals surface area contributed by atoms with Crippen LogP contribution >= 0.6 is 0 Å². The Morgan fingerprint density at radius 1 is 1.00 bits per heavy atom. The molecule has 0 radical (unpaired) electrons. The summed E-state index contributed by atoms with van der Waals surface area (Å²) in [6.07, 6.45) is 5.27. The number of piperazine rings is 1. The van der Waals surface area contributed by atoms with Gasteiger partial charge < -0.3 is 4.90 Å². The van der Waals surface area contributed by atoms with Gasteiger partial charge in [-0.3, -0.25) is 9.80 Å². The normalized spacial score (nSPS) is 25.0. The van der Waals surface area contributed by atoms with E-state index in [-0.39, 0.29) is 5.82 Å².